The maximum absolute atomic E-state index is 16.4. The average Bonchev–Trinajstić information content (AvgIpc) is 3.32. The third-order valence-electron chi connectivity index (χ3n) is 6.36. The summed E-state index contributed by atoms with van der Waals surface area (Å²) in [6.07, 6.45) is 4.28. The molecule has 1 N–H and O–H groups in total. The van der Waals surface area contributed by atoms with Crippen LogP contribution in [0.25, 0.3) is 5.82 Å². The number of rotatable bonds is 6. The van der Waals surface area contributed by atoms with E-state index < -0.39 is 69.3 Å². The summed E-state index contributed by atoms with van der Waals surface area (Å²) in [5.41, 5.74) is -3.07. The first-order chi connectivity index (χ1) is 21.1. The summed E-state index contributed by atoms with van der Waals surface area (Å²) in [6.45, 7) is 1.34. The second-order valence-electron chi connectivity index (χ2n) is 9.93. The van der Waals surface area contributed by atoms with Crippen LogP contribution in [-0.2, 0) is 26.4 Å². The van der Waals surface area contributed by atoms with Crippen LogP contribution in [0.5, 0.6) is 5.75 Å². The zero-order valence-corrected chi connectivity index (χ0v) is 23.5. The Balaban J connectivity index is 1.60. The van der Waals surface area contributed by atoms with Crippen molar-refractivity contribution < 1.29 is 39.4 Å². The summed E-state index contributed by atoms with van der Waals surface area (Å²) in [5, 5.41) is 6.15. The molecule has 1 amide bonds. The van der Waals surface area contributed by atoms with Gasteiger partial charge in [-0.1, -0.05) is 11.6 Å². The van der Waals surface area contributed by atoms with Gasteiger partial charge >= 0.3 is 0 Å². The highest BCUT2D eigenvalue weighted by molar-refractivity contribution is 6.34. The Kier molecular flexibility index (Phi) is 7.29. The summed E-state index contributed by atoms with van der Waals surface area (Å²) < 4.78 is 87.6. The van der Waals surface area contributed by atoms with Crippen LogP contribution >= 0.6 is 11.6 Å². The lowest BCUT2D eigenvalue weighted by molar-refractivity contribution is -0.120. The second-order valence-corrected chi connectivity index (χ2v) is 10.3. The fourth-order valence-electron chi connectivity index (χ4n) is 4.58. The van der Waals surface area contributed by atoms with E-state index in [1.165, 1.54) is 26.8 Å². The number of carbonyl (C=O) groups excluding carboxylic acids is 2. The third-order valence-corrected chi connectivity index (χ3v) is 6.73. The number of hydrogen-bond acceptors (Lipinski definition) is 8. The molecule has 2 aliphatic rings. The van der Waals surface area contributed by atoms with Crippen LogP contribution in [0.15, 0.2) is 52.9 Å². The summed E-state index contributed by atoms with van der Waals surface area (Å²) in [6, 6.07) is 0.423. The largest absolute Gasteiger partial charge is 0.490 e. The molecule has 0 spiro atoms. The smallest absolute Gasteiger partial charge is 0.217 e. The fraction of sp³-hybridized carbons (Fsp3) is 0.286. The molecule has 0 atom stereocenters. The highest BCUT2D eigenvalue weighted by Crippen LogP contribution is 2.45. The number of pyridine rings is 2. The quantitative estimate of drug-likeness (QED) is 0.308. The summed E-state index contributed by atoms with van der Waals surface area (Å²) in [4.78, 5) is 32.5. The minimum Gasteiger partial charge on any atom is -0.490 e. The van der Waals surface area contributed by atoms with Crippen molar-refractivity contribution in [3.05, 3.63) is 87.6 Å². The van der Waals surface area contributed by atoms with Gasteiger partial charge in [0.1, 0.15) is 40.2 Å². The number of nitrogens with zero attached hydrogens (tertiary/aromatic N) is 5. The molecule has 0 aliphatic carbocycles. The summed E-state index contributed by atoms with van der Waals surface area (Å²) in [7, 11) is 0. The van der Waals surface area contributed by atoms with Crippen molar-refractivity contribution in [1.29, 1.82) is 0 Å². The summed E-state index contributed by atoms with van der Waals surface area (Å²) in [5.74, 6) is -4.24. The molecular formula is C28H23ClF4N6O4. The Labute approximate surface area is 250 Å². The molecular weight excluding hydrogens is 596 g/mol. The van der Waals surface area contributed by atoms with Gasteiger partial charge in [0.15, 0.2) is 40.7 Å². The third kappa shape index (κ3) is 5.71. The maximum atomic E-state index is 16.4. The highest BCUT2D eigenvalue weighted by Gasteiger charge is 2.36. The van der Waals surface area contributed by atoms with Crippen molar-refractivity contribution in [2.24, 2.45) is 0 Å². The van der Waals surface area contributed by atoms with Gasteiger partial charge in [0.25, 0.3) is 0 Å². The maximum Gasteiger partial charge on any atom is 0.217 e. The molecule has 0 unspecified atom stereocenters. The fourth-order valence-corrected chi connectivity index (χ4v) is 4.80. The molecule has 43 heavy (non-hydrogen) atoms. The number of anilines is 1. The van der Waals surface area contributed by atoms with Crippen LogP contribution in [0.4, 0.5) is 23.2 Å². The Bertz CT molecular complexity index is 1840. The number of nitrogens with one attached hydrogen (secondary N) is 1. The standard InChI is InChI=1S/C28H23ClF4N6O4/c1-14(41)36-28(2,3)26-18(32)11-38(37-26)27-24(33)25-22(10-35-27)42-6-4-5-16-8-21(23(29)20(12-40)39(16)25)43-13-19-17(31)7-15(30)9-34-19/h7-11H,4-6,13H2,1-3H3,(H,36,41)/i13D2. The molecule has 224 valence electrons. The number of hydrogen-bond donors (Lipinski definition) is 1. The summed E-state index contributed by atoms with van der Waals surface area (Å²) >= 11 is 6.46. The van der Waals surface area contributed by atoms with Gasteiger partial charge in [-0.3, -0.25) is 14.7 Å². The van der Waals surface area contributed by atoms with Crippen LogP contribution in [-0.4, -0.2) is 38.2 Å². The molecule has 5 rings (SSSR count). The molecule has 0 fully saturated rings. The number of aromatic nitrogens is 4. The van der Waals surface area contributed by atoms with E-state index in [0.717, 1.165) is 22.0 Å². The number of halogens is 5. The van der Waals surface area contributed by atoms with E-state index >= 15 is 8.78 Å². The van der Waals surface area contributed by atoms with Gasteiger partial charge in [-0.2, -0.15) is 5.10 Å². The Hall–Kier alpha value is -4.68. The first kappa shape index (κ1) is 27.2. The van der Waals surface area contributed by atoms with Crippen molar-refractivity contribution in [2.75, 3.05) is 11.5 Å². The number of fused-ring (bicyclic) bond motifs is 3. The van der Waals surface area contributed by atoms with E-state index in [0.29, 0.717) is 18.7 Å². The number of allylic oxidation sites excluding steroid dienone is 3. The topological polar surface area (TPSA) is 111 Å². The molecule has 0 radical (unpaired) electrons. The zero-order valence-electron chi connectivity index (χ0n) is 24.8. The molecule has 15 heteroatoms. The van der Waals surface area contributed by atoms with Crippen LogP contribution in [0.1, 0.15) is 47.7 Å². The number of ether oxygens (including phenoxy) is 2. The van der Waals surface area contributed by atoms with E-state index in [1.54, 1.807) is 5.94 Å². The van der Waals surface area contributed by atoms with Crippen molar-refractivity contribution in [2.45, 2.75) is 45.7 Å². The van der Waals surface area contributed by atoms with Crippen molar-refractivity contribution in [1.82, 2.24) is 25.1 Å². The first-order valence-corrected chi connectivity index (χ1v) is 13.0. The van der Waals surface area contributed by atoms with E-state index in [-0.39, 0.29) is 35.9 Å². The lowest BCUT2D eigenvalue weighted by atomic mass is 10.0. The van der Waals surface area contributed by atoms with Crippen molar-refractivity contribution >= 4 is 29.1 Å². The Morgan fingerprint density at radius 3 is 2.72 bits per heavy atom. The van der Waals surface area contributed by atoms with Crippen molar-refractivity contribution in [3.63, 3.8) is 0 Å². The van der Waals surface area contributed by atoms with Gasteiger partial charge < -0.3 is 14.8 Å². The van der Waals surface area contributed by atoms with Crippen molar-refractivity contribution in [3.8, 4) is 11.6 Å². The SMILES string of the molecule is [2H]C([2H])(OC1=C(Cl)C(=C=O)N2C(=C1)CCCOc1cnc(-n3cc(F)c(C(C)(C)NC(C)=O)n3)c(F)c12)c1ncc(F)cc1F. The predicted molar refractivity (Wildman–Crippen MR) is 144 cm³/mol. The van der Waals surface area contributed by atoms with Gasteiger partial charge in [0.05, 0.1) is 33.5 Å². The number of amides is 1. The molecule has 10 nitrogen and oxygen atoms in total. The molecule has 5 heterocycles. The Morgan fingerprint density at radius 2 is 2.02 bits per heavy atom. The normalized spacial score (nSPS) is 16.0. The van der Waals surface area contributed by atoms with E-state index in [4.69, 9.17) is 23.8 Å². The van der Waals surface area contributed by atoms with Gasteiger partial charge in [-0.15, -0.1) is 0 Å². The van der Waals surface area contributed by atoms with E-state index in [1.807, 2.05) is 0 Å². The lowest BCUT2D eigenvalue weighted by Gasteiger charge is -2.34. The highest BCUT2D eigenvalue weighted by atomic mass is 35.5. The Morgan fingerprint density at radius 1 is 1.26 bits per heavy atom. The van der Waals surface area contributed by atoms with Crippen LogP contribution in [0.3, 0.4) is 0 Å². The second kappa shape index (κ2) is 11.5. The number of carbonyl (C=O) groups is 1. The van der Waals surface area contributed by atoms with Gasteiger partial charge in [-0.05, 0) is 26.7 Å². The van der Waals surface area contributed by atoms with E-state index in [2.05, 4.69) is 20.4 Å². The van der Waals surface area contributed by atoms with E-state index in [9.17, 15) is 18.4 Å². The molecule has 0 bridgehead atoms. The average molecular weight is 621 g/mol. The van der Waals surface area contributed by atoms with Gasteiger partial charge in [0.2, 0.25) is 5.91 Å². The molecule has 0 saturated heterocycles. The monoisotopic (exact) mass is 620 g/mol. The van der Waals surface area contributed by atoms with Crippen LogP contribution in [0, 0.1) is 23.3 Å². The van der Waals surface area contributed by atoms with Crippen LogP contribution < -0.4 is 15.0 Å². The lowest BCUT2D eigenvalue weighted by Crippen LogP contribution is -2.40. The van der Waals surface area contributed by atoms with Gasteiger partial charge in [-0.25, -0.2) is 32.0 Å². The predicted octanol–water partition coefficient (Wildman–Crippen LogP) is 4.85. The first-order valence-electron chi connectivity index (χ1n) is 13.7. The molecule has 3 aromatic heterocycles. The molecule has 3 aromatic rings. The molecule has 2 aliphatic heterocycles. The van der Waals surface area contributed by atoms with Gasteiger partial charge in [0, 0.05) is 24.8 Å². The minimum atomic E-state index is -2.99. The van der Waals surface area contributed by atoms with Crippen LogP contribution in [0.2, 0.25) is 0 Å². The zero-order chi connectivity index (χ0) is 32.8. The molecule has 0 aromatic carbocycles. The molecule has 0 saturated carbocycles. The minimum absolute atomic E-state index is 0.0728.